The van der Waals surface area contributed by atoms with E-state index < -0.39 is 0 Å². The van der Waals surface area contributed by atoms with Gasteiger partial charge in [-0.25, -0.2) is 4.39 Å². The normalized spacial score (nSPS) is 13.9. The number of hydrogen-bond donors (Lipinski definition) is 1. The molecule has 1 unspecified atom stereocenters. The third kappa shape index (κ3) is 4.20. The Kier molecular flexibility index (Phi) is 4.47. The predicted octanol–water partition coefficient (Wildman–Crippen LogP) is 3.97. The molecule has 0 aliphatic carbocycles. The van der Waals surface area contributed by atoms with Crippen LogP contribution in [0.5, 0.6) is 0 Å². The minimum atomic E-state index is -0.250. The maximum atomic E-state index is 12.9. The molecule has 0 saturated carbocycles. The molecule has 0 spiro atoms. The molecule has 2 nitrogen and oxygen atoms in total. The van der Waals surface area contributed by atoms with Crippen LogP contribution in [-0.2, 0) is 4.84 Å². The van der Waals surface area contributed by atoms with Gasteiger partial charge < -0.3 is 0 Å². The van der Waals surface area contributed by atoms with Gasteiger partial charge in [0.1, 0.15) is 5.82 Å². The van der Waals surface area contributed by atoms with Gasteiger partial charge in [-0.15, -0.1) is 0 Å². The fourth-order valence-corrected chi connectivity index (χ4v) is 1.88. The summed E-state index contributed by atoms with van der Waals surface area (Å²) in [4.78, 5) is 5.47. The summed E-state index contributed by atoms with van der Waals surface area (Å²) in [6.07, 6.45) is 0. The summed E-state index contributed by atoms with van der Waals surface area (Å²) >= 11 is 3.33. The zero-order chi connectivity index (χ0) is 12.3. The van der Waals surface area contributed by atoms with Crippen LogP contribution in [0.4, 0.5) is 4.39 Å². The fourth-order valence-electron chi connectivity index (χ4n) is 1.18. The molecule has 0 aromatic heterocycles. The number of hydroxylamine groups is 1. The van der Waals surface area contributed by atoms with Gasteiger partial charge in [-0.3, -0.25) is 4.84 Å². The SMILES string of the molecule is CC(NOC(C)(C)C)c1ccc(F)cc1Br. The molecule has 1 N–H and O–H groups in total. The van der Waals surface area contributed by atoms with Crippen molar-refractivity contribution < 1.29 is 9.23 Å². The summed E-state index contributed by atoms with van der Waals surface area (Å²) in [5, 5.41) is 0. The molecule has 16 heavy (non-hydrogen) atoms. The van der Waals surface area contributed by atoms with E-state index in [0.717, 1.165) is 10.0 Å². The van der Waals surface area contributed by atoms with E-state index >= 15 is 0 Å². The van der Waals surface area contributed by atoms with Crippen LogP contribution >= 0.6 is 15.9 Å². The van der Waals surface area contributed by atoms with Crippen LogP contribution in [0.3, 0.4) is 0 Å². The van der Waals surface area contributed by atoms with Crippen LogP contribution < -0.4 is 5.48 Å². The fraction of sp³-hybridized carbons (Fsp3) is 0.500. The molecular formula is C12H17BrFNO. The number of hydrogen-bond acceptors (Lipinski definition) is 2. The standard InChI is InChI=1S/C12H17BrFNO/c1-8(15-16-12(2,3)4)10-6-5-9(14)7-11(10)13/h5-8,15H,1-4H3. The number of nitrogens with one attached hydrogen (secondary N) is 1. The predicted molar refractivity (Wildman–Crippen MR) is 66.5 cm³/mol. The van der Waals surface area contributed by atoms with Crippen molar-refractivity contribution in [2.24, 2.45) is 0 Å². The molecule has 1 aromatic rings. The summed E-state index contributed by atoms with van der Waals surface area (Å²) in [6, 6.07) is 4.62. The third-order valence-electron chi connectivity index (χ3n) is 1.97. The number of benzene rings is 1. The first kappa shape index (κ1) is 13.6. The second-order valence-electron chi connectivity index (χ2n) is 4.72. The van der Waals surface area contributed by atoms with Gasteiger partial charge in [0.15, 0.2) is 0 Å². The first-order chi connectivity index (χ1) is 7.29. The molecule has 0 aliphatic rings. The van der Waals surface area contributed by atoms with Crippen molar-refractivity contribution >= 4 is 15.9 Å². The van der Waals surface area contributed by atoms with Crippen LogP contribution in [0.1, 0.15) is 39.3 Å². The smallest absolute Gasteiger partial charge is 0.124 e. The van der Waals surface area contributed by atoms with Gasteiger partial charge >= 0.3 is 0 Å². The van der Waals surface area contributed by atoms with Gasteiger partial charge in [-0.2, -0.15) is 5.48 Å². The molecule has 0 saturated heterocycles. The highest BCUT2D eigenvalue weighted by molar-refractivity contribution is 9.10. The molecule has 4 heteroatoms. The lowest BCUT2D eigenvalue weighted by Gasteiger charge is -2.23. The molecule has 1 rings (SSSR count). The van der Waals surface area contributed by atoms with Crippen molar-refractivity contribution in [3.63, 3.8) is 0 Å². The largest absolute Gasteiger partial charge is 0.296 e. The molecule has 0 aliphatic heterocycles. The van der Waals surface area contributed by atoms with Crippen molar-refractivity contribution in [1.29, 1.82) is 0 Å². The molecule has 90 valence electrons. The number of halogens is 2. The highest BCUT2D eigenvalue weighted by Crippen LogP contribution is 2.24. The van der Waals surface area contributed by atoms with E-state index in [1.807, 2.05) is 27.7 Å². The molecule has 1 atom stereocenters. The van der Waals surface area contributed by atoms with Crippen LogP contribution in [0.15, 0.2) is 22.7 Å². The molecule has 0 amide bonds. The summed E-state index contributed by atoms with van der Waals surface area (Å²) in [5.74, 6) is -0.250. The first-order valence-electron chi connectivity index (χ1n) is 5.18. The Hall–Kier alpha value is -0.450. The van der Waals surface area contributed by atoms with E-state index in [1.165, 1.54) is 12.1 Å². The summed E-state index contributed by atoms with van der Waals surface area (Å²) < 4.78 is 13.6. The lowest BCUT2D eigenvalue weighted by Crippen LogP contribution is -2.31. The molecule has 1 aromatic carbocycles. The minimum absolute atomic E-state index is 0.00537. The van der Waals surface area contributed by atoms with Crippen molar-refractivity contribution in [2.75, 3.05) is 0 Å². The van der Waals surface area contributed by atoms with Gasteiger partial charge in [0.05, 0.1) is 11.6 Å². The summed E-state index contributed by atoms with van der Waals surface area (Å²) in [5.41, 5.74) is 3.66. The second-order valence-corrected chi connectivity index (χ2v) is 5.57. The van der Waals surface area contributed by atoms with Crippen LogP contribution in [0, 0.1) is 5.82 Å². The van der Waals surface area contributed by atoms with Crippen LogP contribution in [-0.4, -0.2) is 5.60 Å². The Balaban J connectivity index is 2.70. The first-order valence-corrected chi connectivity index (χ1v) is 5.97. The Morgan fingerprint density at radius 3 is 2.50 bits per heavy atom. The van der Waals surface area contributed by atoms with E-state index in [-0.39, 0.29) is 17.5 Å². The minimum Gasteiger partial charge on any atom is -0.296 e. The van der Waals surface area contributed by atoms with Gasteiger partial charge in [-0.1, -0.05) is 22.0 Å². The Labute approximate surface area is 104 Å². The zero-order valence-corrected chi connectivity index (χ0v) is 11.6. The monoisotopic (exact) mass is 289 g/mol. The quantitative estimate of drug-likeness (QED) is 0.850. The molecule has 0 heterocycles. The van der Waals surface area contributed by atoms with Crippen molar-refractivity contribution in [3.05, 3.63) is 34.1 Å². The highest BCUT2D eigenvalue weighted by Gasteiger charge is 2.15. The van der Waals surface area contributed by atoms with Crippen LogP contribution in [0.2, 0.25) is 0 Å². The van der Waals surface area contributed by atoms with Gasteiger partial charge in [0.25, 0.3) is 0 Å². The molecular weight excluding hydrogens is 273 g/mol. The van der Waals surface area contributed by atoms with E-state index in [2.05, 4.69) is 21.4 Å². The lowest BCUT2D eigenvalue weighted by molar-refractivity contribution is -0.0867. The van der Waals surface area contributed by atoms with Crippen molar-refractivity contribution in [3.8, 4) is 0 Å². The summed E-state index contributed by atoms with van der Waals surface area (Å²) in [6.45, 7) is 7.86. The Morgan fingerprint density at radius 1 is 1.38 bits per heavy atom. The van der Waals surface area contributed by atoms with E-state index in [1.54, 1.807) is 6.07 Å². The maximum absolute atomic E-state index is 12.9. The molecule has 0 radical (unpaired) electrons. The van der Waals surface area contributed by atoms with Gasteiger partial charge in [0, 0.05) is 4.47 Å². The third-order valence-corrected chi connectivity index (χ3v) is 2.66. The zero-order valence-electron chi connectivity index (χ0n) is 9.97. The van der Waals surface area contributed by atoms with E-state index in [9.17, 15) is 4.39 Å². The molecule has 0 bridgehead atoms. The topological polar surface area (TPSA) is 21.3 Å². The van der Waals surface area contributed by atoms with Crippen LogP contribution in [0.25, 0.3) is 0 Å². The highest BCUT2D eigenvalue weighted by atomic mass is 79.9. The second kappa shape index (κ2) is 5.25. The van der Waals surface area contributed by atoms with Crippen molar-refractivity contribution in [2.45, 2.75) is 39.3 Å². The Morgan fingerprint density at radius 2 is 2.00 bits per heavy atom. The van der Waals surface area contributed by atoms with Gasteiger partial charge in [-0.05, 0) is 45.4 Å². The average Bonchev–Trinajstić information content (AvgIpc) is 2.13. The molecule has 0 fully saturated rings. The van der Waals surface area contributed by atoms with Crippen molar-refractivity contribution in [1.82, 2.24) is 5.48 Å². The van der Waals surface area contributed by atoms with Gasteiger partial charge in [0.2, 0.25) is 0 Å². The average molecular weight is 290 g/mol. The number of rotatable bonds is 3. The lowest BCUT2D eigenvalue weighted by atomic mass is 10.1. The summed E-state index contributed by atoms with van der Waals surface area (Å²) in [7, 11) is 0. The van der Waals surface area contributed by atoms with E-state index in [4.69, 9.17) is 4.84 Å². The van der Waals surface area contributed by atoms with E-state index in [0.29, 0.717) is 0 Å². The Bertz CT molecular complexity index is 363. The maximum Gasteiger partial charge on any atom is 0.124 e.